The molecule has 2 heterocycles. The van der Waals surface area contributed by atoms with Gasteiger partial charge in [0.1, 0.15) is 0 Å². The summed E-state index contributed by atoms with van der Waals surface area (Å²) in [5.74, 6) is 2.03. The number of rotatable bonds is 7. The van der Waals surface area contributed by atoms with E-state index in [2.05, 4.69) is 31.9 Å². The van der Waals surface area contributed by atoms with E-state index < -0.39 is 0 Å². The van der Waals surface area contributed by atoms with Crippen molar-refractivity contribution in [1.82, 2.24) is 25.0 Å². The molecule has 0 bridgehead atoms. The lowest BCUT2D eigenvalue weighted by molar-refractivity contribution is 0.257. The smallest absolute Gasteiger partial charge is 0.316 e. The summed E-state index contributed by atoms with van der Waals surface area (Å²) < 4.78 is 10.2. The zero-order valence-corrected chi connectivity index (χ0v) is 12.3. The van der Waals surface area contributed by atoms with Gasteiger partial charge in [-0.3, -0.25) is 4.90 Å². The Labute approximate surface area is 123 Å². The zero-order chi connectivity index (χ0) is 14.7. The molecule has 7 heteroatoms. The van der Waals surface area contributed by atoms with Crippen LogP contribution in [0.2, 0.25) is 0 Å². The first-order chi connectivity index (χ1) is 10.3. The van der Waals surface area contributed by atoms with Gasteiger partial charge in [-0.1, -0.05) is 12.1 Å². The fourth-order valence-corrected chi connectivity index (χ4v) is 2.10. The molecule has 0 amide bonds. The zero-order valence-electron chi connectivity index (χ0n) is 12.3. The van der Waals surface area contributed by atoms with E-state index in [9.17, 15) is 0 Å². The Balaban J connectivity index is 1.60. The van der Waals surface area contributed by atoms with E-state index in [4.69, 9.17) is 9.26 Å². The van der Waals surface area contributed by atoms with Gasteiger partial charge in [-0.05, 0) is 19.4 Å². The van der Waals surface area contributed by atoms with Crippen molar-refractivity contribution in [3.8, 4) is 6.01 Å². The van der Waals surface area contributed by atoms with E-state index >= 15 is 0 Å². The van der Waals surface area contributed by atoms with Crippen molar-refractivity contribution < 1.29 is 9.26 Å². The fourth-order valence-electron chi connectivity index (χ4n) is 2.10. The predicted octanol–water partition coefficient (Wildman–Crippen LogP) is 1.77. The maximum atomic E-state index is 5.29. The van der Waals surface area contributed by atoms with Crippen LogP contribution in [0, 0.1) is 0 Å². The number of hydrogen-bond acceptors (Lipinski definition) is 7. The first kappa shape index (κ1) is 13.9. The summed E-state index contributed by atoms with van der Waals surface area (Å²) in [5, 5.41) is 4.06. The van der Waals surface area contributed by atoms with Crippen LogP contribution in [0.15, 0.2) is 16.9 Å². The second-order valence-electron chi connectivity index (χ2n) is 5.20. The molecular formula is C14H19N5O2. The Morgan fingerprint density at radius 3 is 2.67 bits per heavy atom. The van der Waals surface area contributed by atoms with Gasteiger partial charge in [-0.25, -0.2) is 9.97 Å². The van der Waals surface area contributed by atoms with Gasteiger partial charge in [0.15, 0.2) is 5.82 Å². The van der Waals surface area contributed by atoms with E-state index in [1.54, 1.807) is 19.5 Å². The summed E-state index contributed by atoms with van der Waals surface area (Å²) in [6, 6.07) is 0.383. The Bertz CT molecular complexity index is 579. The minimum absolute atomic E-state index is 0.383. The molecule has 1 aliphatic carbocycles. The number of nitrogens with zero attached hydrogens (tertiary/aromatic N) is 5. The molecule has 1 aliphatic rings. The second-order valence-corrected chi connectivity index (χ2v) is 5.20. The molecule has 3 rings (SSSR count). The van der Waals surface area contributed by atoms with E-state index in [0.717, 1.165) is 30.4 Å². The van der Waals surface area contributed by atoms with Crippen molar-refractivity contribution in [3.63, 3.8) is 0 Å². The maximum absolute atomic E-state index is 5.29. The molecule has 0 aliphatic heterocycles. The summed E-state index contributed by atoms with van der Waals surface area (Å²) in [6.07, 6.45) is 5.89. The first-order valence-corrected chi connectivity index (χ1v) is 7.18. The summed E-state index contributed by atoms with van der Waals surface area (Å²) in [6.45, 7) is 4.40. The highest BCUT2D eigenvalue weighted by Crippen LogP contribution is 2.38. The monoisotopic (exact) mass is 289 g/mol. The lowest BCUT2D eigenvalue weighted by atomic mass is 10.3. The molecular weight excluding hydrogens is 270 g/mol. The van der Waals surface area contributed by atoms with E-state index in [-0.39, 0.29) is 0 Å². The molecule has 112 valence electrons. The van der Waals surface area contributed by atoms with Gasteiger partial charge in [0, 0.05) is 30.4 Å². The van der Waals surface area contributed by atoms with Crippen LogP contribution < -0.4 is 4.74 Å². The topological polar surface area (TPSA) is 77.2 Å². The Morgan fingerprint density at radius 1 is 1.29 bits per heavy atom. The van der Waals surface area contributed by atoms with Crippen molar-refractivity contribution in [2.24, 2.45) is 0 Å². The minimum Gasteiger partial charge on any atom is -0.467 e. The summed E-state index contributed by atoms with van der Waals surface area (Å²) >= 11 is 0. The lowest BCUT2D eigenvalue weighted by Crippen LogP contribution is -2.23. The molecule has 0 unspecified atom stereocenters. The van der Waals surface area contributed by atoms with Crippen molar-refractivity contribution in [3.05, 3.63) is 29.7 Å². The van der Waals surface area contributed by atoms with E-state index in [1.807, 2.05) is 0 Å². The first-order valence-electron chi connectivity index (χ1n) is 7.18. The lowest BCUT2D eigenvalue weighted by Gasteiger charge is -2.17. The molecule has 1 fully saturated rings. The molecule has 0 N–H and O–H groups in total. The largest absolute Gasteiger partial charge is 0.467 e. The number of ether oxygens (including phenoxy) is 1. The van der Waals surface area contributed by atoms with Crippen LogP contribution in [0.25, 0.3) is 0 Å². The number of methoxy groups -OCH3 is 1. The van der Waals surface area contributed by atoms with Crippen LogP contribution in [0.5, 0.6) is 6.01 Å². The normalized spacial score (nSPS) is 14.6. The van der Waals surface area contributed by atoms with Crippen LogP contribution in [0.4, 0.5) is 0 Å². The molecule has 0 spiro atoms. The molecule has 2 aromatic rings. The Kier molecular flexibility index (Phi) is 4.10. The molecule has 0 radical (unpaired) electrons. The summed E-state index contributed by atoms with van der Waals surface area (Å²) in [7, 11) is 1.56. The van der Waals surface area contributed by atoms with Gasteiger partial charge < -0.3 is 9.26 Å². The van der Waals surface area contributed by atoms with E-state index in [1.165, 1.54) is 12.8 Å². The van der Waals surface area contributed by atoms with Crippen molar-refractivity contribution >= 4 is 0 Å². The van der Waals surface area contributed by atoms with Crippen molar-refractivity contribution in [2.45, 2.75) is 38.8 Å². The third-order valence-electron chi connectivity index (χ3n) is 3.49. The van der Waals surface area contributed by atoms with Gasteiger partial charge in [-0.2, -0.15) is 4.98 Å². The molecule has 0 saturated heterocycles. The van der Waals surface area contributed by atoms with Gasteiger partial charge in [-0.15, -0.1) is 0 Å². The third-order valence-corrected chi connectivity index (χ3v) is 3.49. The molecule has 0 atom stereocenters. The van der Waals surface area contributed by atoms with Gasteiger partial charge in [0.2, 0.25) is 5.89 Å². The Hall–Kier alpha value is -2.02. The summed E-state index contributed by atoms with van der Waals surface area (Å²) in [4.78, 5) is 14.9. The van der Waals surface area contributed by atoms with Crippen molar-refractivity contribution in [2.75, 3.05) is 13.7 Å². The summed E-state index contributed by atoms with van der Waals surface area (Å²) in [5.41, 5.74) is 1.03. The highest BCUT2D eigenvalue weighted by atomic mass is 16.5. The van der Waals surface area contributed by atoms with Gasteiger partial charge in [0.05, 0.1) is 13.7 Å². The van der Waals surface area contributed by atoms with Gasteiger partial charge in [0.25, 0.3) is 0 Å². The second kappa shape index (κ2) is 6.17. The Morgan fingerprint density at radius 2 is 2.05 bits per heavy atom. The van der Waals surface area contributed by atoms with E-state index in [0.29, 0.717) is 18.5 Å². The third kappa shape index (κ3) is 3.55. The average molecular weight is 289 g/mol. The maximum Gasteiger partial charge on any atom is 0.316 e. The van der Waals surface area contributed by atoms with Crippen LogP contribution in [-0.4, -0.2) is 38.7 Å². The molecule has 21 heavy (non-hydrogen) atoms. The van der Waals surface area contributed by atoms with Crippen LogP contribution in [0.3, 0.4) is 0 Å². The minimum atomic E-state index is 0.383. The van der Waals surface area contributed by atoms with Crippen molar-refractivity contribution in [1.29, 1.82) is 0 Å². The highest BCUT2D eigenvalue weighted by molar-refractivity contribution is 5.07. The quantitative estimate of drug-likeness (QED) is 0.768. The van der Waals surface area contributed by atoms with Gasteiger partial charge >= 0.3 is 6.01 Å². The highest BCUT2D eigenvalue weighted by Gasteiger charge is 2.29. The van der Waals surface area contributed by atoms with Crippen LogP contribution in [-0.2, 0) is 13.1 Å². The molecule has 1 saturated carbocycles. The fraction of sp³-hybridized carbons (Fsp3) is 0.571. The molecule has 2 aromatic heterocycles. The average Bonchev–Trinajstić information content (AvgIpc) is 3.27. The molecule has 0 aromatic carbocycles. The SMILES string of the molecule is CCN(Cc1cnc(OC)nc1)Cc1noc(C2CC2)n1. The van der Waals surface area contributed by atoms with Crippen LogP contribution >= 0.6 is 0 Å². The standard InChI is InChI=1S/C14H19N5O2/c1-3-19(8-10-6-15-14(20-2)16-7-10)9-12-17-13(21-18-12)11-4-5-11/h6-7,11H,3-5,8-9H2,1-2H3. The molecule has 7 nitrogen and oxygen atoms in total. The predicted molar refractivity (Wildman–Crippen MR) is 74.6 cm³/mol. The van der Waals surface area contributed by atoms with Crippen LogP contribution in [0.1, 0.15) is 43.0 Å². The number of aromatic nitrogens is 4. The number of hydrogen-bond donors (Lipinski definition) is 0.